The van der Waals surface area contributed by atoms with Gasteiger partial charge in [0.25, 0.3) is 7.82 Å². The molecule has 0 atom stereocenters. The Balaban J connectivity index is 0. The van der Waals surface area contributed by atoms with Crippen molar-refractivity contribution in [2.45, 2.75) is 0 Å². The average molecular weight is 299 g/mol. The van der Waals surface area contributed by atoms with Crippen molar-refractivity contribution < 1.29 is 88.1 Å². The predicted molar refractivity (Wildman–Crippen MR) is 28.4 cm³/mol. The molecule has 0 aromatic carbocycles. The fourth-order valence-corrected chi connectivity index (χ4v) is 0.167. The van der Waals surface area contributed by atoms with Gasteiger partial charge in [0, 0.05) is 6.20 Å². The van der Waals surface area contributed by atoms with Gasteiger partial charge in [-0.05, 0) is 0 Å². The van der Waals surface area contributed by atoms with Crippen LogP contribution in [0.4, 0.5) is 0 Å². The third kappa shape index (κ3) is 24.6. The number of rotatable bonds is 0. The Labute approximate surface area is 121 Å². The van der Waals surface area contributed by atoms with Crippen molar-refractivity contribution in [3.63, 3.8) is 0 Å². The van der Waals surface area contributed by atoms with E-state index in [0.717, 1.165) is 0 Å². The van der Waals surface area contributed by atoms with Crippen molar-refractivity contribution in [3.8, 4) is 0 Å². The van der Waals surface area contributed by atoms with E-state index in [0.29, 0.717) is 0 Å². The Morgan fingerprint density at radius 2 is 2.00 bits per heavy atom. The molecule has 0 radical (unpaired) electrons. The second kappa shape index (κ2) is 7.93. The standard InChI is InChI=1S/C2H3N3.Cs.H3O4P/c1-2-4-5-3-1;;1-5(2,3)4/h1-2H,(H,3,4,5);;(H3,1,2,3,4)/q;+1;/p-1. The van der Waals surface area contributed by atoms with E-state index in [2.05, 4.69) is 15.4 Å². The summed E-state index contributed by atoms with van der Waals surface area (Å²) >= 11 is 0. The molecule has 1 rings (SSSR count). The zero-order valence-electron chi connectivity index (χ0n) is 5.71. The number of hydrogen-bond donors (Lipinski definition) is 3. The number of aromatic amines is 1. The van der Waals surface area contributed by atoms with Crippen molar-refractivity contribution in [3.05, 3.63) is 12.4 Å². The van der Waals surface area contributed by atoms with E-state index in [-0.39, 0.29) is 68.9 Å². The van der Waals surface area contributed by atoms with Gasteiger partial charge < -0.3 is 14.7 Å². The van der Waals surface area contributed by atoms with E-state index in [1.165, 1.54) is 0 Å². The van der Waals surface area contributed by atoms with Gasteiger partial charge in [0.05, 0.1) is 6.20 Å². The summed E-state index contributed by atoms with van der Waals surface area (Å²) < 4.78 is 8.77. The molecule has 1 aromatic heterocycles. The number of H-pyrrole nitrogens is 1. The van der Waals surface area contributed by atoms with Gasteiger partial charge in [-0.15, -0.1) is 5.10 Å². The van der Waals surface area contributed by atoms with Crippen LogP contribution in [0.3, 0.4) is 0 Å². The van der Waals surface area contributed by atoms with E-state index < -0.39 is 7.82 Å². The predicted octanol–water partition coefficient (Wildman–Crippen LogP) is -4.75. The zero-order valence-corrected chi connectivity index (χ0v) is 12.9. The summed E-state index contributed by atoms with van der Waals surface area (Å²) in [7, 11) is -4.89. The van der Waals surface area contributed by atoms with Crippen LogP contribution in [0.5, 0.6) is 0 Å². The van der Waals surface area contributed by atoms with E-state index >= 15 is 0 Å². The first-order valence-electron chi connectivity index (χ1n) is 2.07. The Morgan fingerprint density at radius 3 is 2.09 bits per heavy atom. The quantitative estimate of drug-likeness (QED) is 0.414. The van der Waals surface area contributed by atoms with E-state index in [9.17, 15) is 0 Å². The summed E-state index contributed by atoms with van der Waals surface area (Å²) in [6.45, 7) is 0. The fourth-order valence-electron chi connectivity index (χ4n) is 0.167. The third-order valence-electron chi connectivity index (χ3n) is 0.331. The molecule has 0 bridgehead atoms. The van der Waals surface area contributed by atoms with Crippen LogP contribution in [0.1, 0.15) is 0 Å². The number of aromatic nitrogens is 3. The van der Waals surface area contributed by atoms with Crippen molar-refractivity contribution in [2.75, 3.05) is 0 Å². The SMILES string of the molecule is O=P([O-])(O)O.[Cs+].c1c[nH]nn1. The molecule has 0 aliphatic carbocycles. The van der Waals surface area contributed by atoms with Crippen LogP contribution < -0.4 is 73.8 Å². The minimum absolute atomic E-state index is 0. The summed E-state index contributed by atoms with van der Waals surface area (Å²) in [4.78, 5) is 22.9. The van der Waals surface area contributed by atoms with Gasteiger partial charge in [0.1, 0.15) is 0 Å². The summed E-state index contributed by atoms with van der Waals surface area (Å²) in [6.07, 6.45) is 3.24. The molecule has 1 aromatic rings. The molecule has 9 heteroatoms. The summed E-state index contributed by atoms with van der Waals surface area (Å²) in [5.41, 5.74) is 0. The van der Waals surface area contributed by atoms with E-state index in [1.54, 1.807) is 12.4 Å². The second-order valence-corrected chi connectivity index (χ2v) is 2.13. The molecule has 3 N–H and O–H groups in total. The van der Waals surface area contributed by atoms with Crippen molar-refractivity contribution in [2.24, 2.45) is 0 Å². The molecule has 11 heavy (non-hydrogen) atoms. The maximum absolute atomic E-state index is 8.77. The monoisotopic (exact) mass is 299 g/mol. The van der Waals surface area contributed by atoms with Gasteiger partial charge in [-0.25, -0.2) is 0 Å². The molecule has 0 amide bonds. The summed E-state index contributed by atoms with van der Waals surface area (Å²) in [6, 6.07) is 0. The minimum atomic E-state index is -4.89. The molecule has 0 aliphatic rings. The van der Waals surface area contributed by atoms with Crippen LogP contribution in [-0.2, 0) is 4.57 Å². The summed E-state index contributed by atoms with van der Waals surface area (Å²) in [5, 5.41) is 9.26. The van der Waals surface area contributed by atoms with Crippen LogP contribution >= 0.6 is 7.82 Å². The number of nitrogens with zero attached hydrogens (tertiary/aromatic N) is 2. The molecule has 0 saturated heterocycles. The van der Waals surface area contributed by atoms with Gasteiger partial charge in [0.15, 0.2) is 0 Å². The molecule has 58 valence electrons. The third-order valence-corrected chi connectivity index (χ3v) is 0.331. The fraction of sp³-hybridized carbons (Fsp3) is 0. The molecule has 7 nitrogen and oxygen atoms in total. The Hall–Kier alpha value is 1.30. The van der Waals surface area contributed by atoms with Crippen molar-refractivity contribution in [1.29, 1.82) is 0 Å². The normalized spacial score (nSPS) is 9.00. The molecule has 1 heterocycles. The summed E-state index contributed by atoms with van der Waals surface area (Å²) in [5.74, 6) is 0. The molecule has 0 spiro atoms. The molecule has 0 saturated carbocycles. The maximum atomic E-state index is 8.77. The second-order valence-electron chi connectivity index (χ2n) is 1.15. The first-order chi connectivity index (χ1) is 4.50. The van der Waals surface area contributed by atoms with Crippen LogP contribution in [0.15, 0.2) is 12.4 Å². The van der Waals surface area contributed by atoms with E-state index in [4.69, 9.17) is 19.2 Å². The van der Waals surface area contributed by atoms with Crippen LogP contribution in [0.2, 0.25) is 0 Å². The maximum Gasteiger partial charge on any atom is 1.00 e. The molecule has 0 aliphatic heterocycles. The van der Waals surface area contributed by atoms with Crippen LogP contribution in [0, 0.1) is 0 Å². The Morgan fingerprint density at radius 1 is 1.55 bits per heavy atom. The smallest absolute Gasteiger partial charge is 0.756 e. The van der Waals surface area contributed by atoms with Gasteiger partial charge in [-0.2, -0.15) is 0 Å². The first-order valence-corrected chi connectivity index (χ1v) is 3.60. The van der Waals surface area contributed by atoms with E-state index in [1.807, 2.05) is 0 Å². The zero-order chi connectivity index (χ0) is 8.04. The van der Waals surface area contributed by atoms with Gasteiger partial charge in [-0.1, -0.05) is 5.21 Å². The number of phosphoric acid groups is 1. The average Bonchev–Trinajstić information content (AvgIpc) is 2.07. The number of nitrogens with one attached hydrogen (secondary N) is 1. The Kier molecular flexibility index (Phi) is 10.7. The molecular weight excluding hydrogens is 294 g/mol. The van der Waals surface area contributed by atoms with Gasteiger partial charge in [0.2, 0.25) is 0 Å². The molecule has 0 unspecified atom stereocenters. The van der Waals surface area contributed by atoms with Gasteiger partial charge >= 0.3 is 68.9 Å². The van der Waals surface area contributed by atoms with Crippen molar-refractivity contribution >= 4 is 7.82 Å². The van der Waals surface area contributed by atoms with Crippen molar-refractivity contribution in [1.82, 2.24) is 15.4 Å². The largest absolute Gasteiger partial charge is 1.00 e. The molecular formula is C2H5CsN3O4P. The number of hydrogen-bond acceptors (Lipinski definition) is 4. The molecule has 0 fully saturated rings. The topological polar surface area (TPSA) is 122 Å². The van der Waals surface area contributed by atoms with Gasteiger partial charge in [-0.3, -0.25) is 9.66 Å². The minimum Gasteiger partial charge on any atom is -0.756 e. The van der Waals surface area contributed by atoms with Crippen LogP contribution in [-0.4, -0.2) is 25.2 Å². The van der Waals surface area contributed by atoms with Crippen LogP contribution in [0.25, 0.3) is 0 Å². The first kappa shape index (κ1) is 14.8. The Bertz CT molecular complexity index is 172.